The van der Waals surface area contributed by atoms with Crippen LogP contribution in [-0.4, -0.2) is 61.6 Å². The van der Waals surface area contributed by atoms with Crippen LogP contribution in [0.5, 0.6) is 0 Å². The maximum atomic E-state index is 15.0. The number of benzene rings is 3. The Morgan fingerprint density at radius 2 is 1.75 bits per heavy atom. The molecule has 1 aromatic heterocycles. The Morgan fingerprint density at radius 1 is 1.06 bits per heavy atom. The second kappa shape index (κ2) is 12.1. The second-order valence-electron chi connectivity index (χ2n) is 12.3. The van der Waals surface area contributed by atoms with Crippen LogP contribution in [0.15, 0.2) is 65.5 Å². The minimum atomic E-state index is -4.81. The molecule has 0 bridgehead atoms. The molecule has 2 aliphatic heterocycles. The fourth-order valence-electron chi connectivity index (χ4n) is 6.50. The van der Waals surface area contributed by atoms with Gasteiger partial charge >= 0.3 is 6.18 Å². The molecule has 4 aromatic rings. The highest BCUT2D eigenvalue weighted by molar-refractivity contribution is 7.80. The molecular formula is C34H28F4N6O3S. The Kier molecular flexibility index (Phi) is 8.28. The highest BCUT2D eigenvalue weighted by atomic mass is 32.1. The van der Waals surface area contributed by atoms with Crippen molar-refractivity contribution in [2.24, 2.45) is 0 Å². The van der Waals surface area contributed by atoms with Crippen LogP contribution < -0.4 is 10.5 Å². The summed E-state index contributed by atoms with van der Waals surface area (Å²) in [6.07, 6.45) is -3.83. The summed E-state index contributed by atoms with van der Waals surface area (Å²) in [4.78, 5) is 43.6. The van der Waals surface area contributed by atoms with Crippen molar-refractivity contribution >= 4 is 45.6 Å². The highest BCUT2D eigenvalue weighted by Crippen LogP contribution is 2.40. The zero-order valence-electron chi connectivity index (χ0n) is 25.8. The first kappa shape index (κ1) is 32.8. The van der Waals surface area contributed by atoms with Gasteiger partial charge in [0.05, 0.1) is 39.5 Å². The number of H-pyrrole nitrogens is 1. The molecule has 48 heavy (non-hydrogen) atoms. The molecule has 9 nitrogen and oxygen atoms in total. The number of anilines is 1. The molecule has 2 aliphatic rings. The average molecular weight is 677 g/mol. The number of nitrogens with one attached hydrogen (secondary N) is 1. The van der Waals surface area contributed by atoms with Gasteiger partial charge in [0.15, 0.2) is 5.11 Å². The number of halogens is 4. The largest absolute Gasteiger partial charge is 0.417 e. The first-order valence-corrected chi connectivity index (χ1v) is 15.5. The lowest BCUT2D eigenvalue weighted by Crippen LogP contribution is -2.54. The van der Waals surface area contributed by atoms with Crippen molar-refractivity contribution in [2.45, 2.75) is 50.9 Å². The number of hydrogen-bond acceptors (Lipinski definition) is 6. The summed E-state index contributed by atoms with van der Waals surface area (Å²) in [6.45, 7) is 3.71. The van der Waals surface area contributed by atoms with E-state index in [1.807, 2.05) is 0 Å². The van der Waals surface area contributed by atoms with Gasteiger partial charge in [-0.3, -0.25) is 19.3 Å². The molecule has 3 aromatic carbocycles. The molecular weight excluding hydrogens is 648 g/mol. The minimum absolute atomic E-state index is 0.0229. The Hall–Kier alpha value is -5.16. The number of fused-ring (bicyclic) bond motifs is 1. The molecule has 14 heteroatoms. The van der Waals surface area contributed by atoms with E-state index >= 15 is 4.39 Å². The molecule has 0 spiro atoms. The quantitative estimate of drug-likeness (QED) is 0.218. The standard InChI is InChI=1S/C34H28F4N6O3S/c1-33(2)31(47)43(22-9-8-20(18-39)26(17-22)34(36,37)38)32(48)44(33)21-11-13-42(14-12-21)30(46)25-15-19(7-10-27(25)35)16-28-23-5-3-4-6-24(23)29(45)41-40-28/h3-10,15,17,21H,11-14,16H2,1-2H3,(H,41,45). The molecule has 2 fully saturated rings. The van der Waals surface area contributed by atoms with Crippen LogP contribution in [0.3, 0.4) is 0 Å². The van der Waals surface area contributed by atoms with Crippen LogP contribution in [0.25, 0.3) is 10.8 Å². The third-order valence-corrected chi connectivity index (χ3v) is 9.32. The van der Waals surface area contributed by atoms with Gasteiger partial charge in [-0.05, 0) is 80.9 Å². The van der Waals surface area contributed by atoms with Crippen LogP contribution >= 0.6 is 12.2 Å². The number of hydrogen-bond donors (Lipinski definition) is 1. The van der Waals surface area contributed by atoms with Crippen molar-refractivity contribution in [3.8, 4) is 6.07 Å². The number of alkyl halides is 3. The van der Waals surface area contributed by atoms with E-state index < -0.39 is 40.5 Å². The number of carbonyl (C=O) groups is 2. The van der Waals surface area contributed by atoms with Crippen molar-refractivity contribution in [1.29, 1.82) is 5.26 Å². The fourth-order valence-corrected chi connectivity index (χ4v) is 7.06. The number of thiocarbonyl (C=S) groups is 1. The van der Waals surface area contributed by atoms with Gasteiger partial charge in [0.2, 0.25) is 0 Å². The molecule has 246 valence electrons. The minimum Gasteiger partial charge on any atom is -0.338 e. The molecule has 2 saturated heterocycles. The van der Waals surface area contributed by atoms with E-state index in [1.54, 1.807) is 49.1 Å². The third-order valence-electron chi connectivity index (χ3n) is 8.94. The number of amides is 2. The van der Waals surface area contributed by atoms with E-state index in [-0.39, 0.29) is 47.5 Å². The van der Waals surface area contributed by atoms with Crippen LogP contribution in [0.1, 0.15) is 59.4 Å². The van der Waals surface area contributed by atoms with Crippen molar-refractivity contribution in [3.63, 3.8) is 0 Å². The Balaban J connectivity index is 1.19. The van der Waals surface area contributed by atoms with E-state index in [0.29, 0.717) is 34.9 Å². The first-order chi connectivity index (χ1) is 22.7. The van der Waals surface area contributed by atoms with Crippen molar-refractivity contribution in [2.75, 3.05) is 18.0 Å². The van der Waals surface area contributed by atoms with Gasteiger partial charge in [-0.25, -0.2) is 9.49 Å². The maximum absolute atomic E-state index is 15.0. The van der Waals surface area contributed by atoms with E-state index in [1.165, 1.54) is 29.2 Å². The zero-order valence-corrected chi connectivity index (χ0v) is 26.6. The molecule has 0 unspecified atom stereocenters. The smallest absolute Gasteiger partial charge is 0.338 e. The van der Waals surface area contributed by atoms with Crippen LogP contribution in [0, 0.1) is 17.1 Å². The Labute approximate surface area is 277 Å². The predicted molar refractivity (Wildman–Crippen MR) is 173 cm³/mol. The number of piperidine rings is 1. The normalized spacial score (nSPS) is 16.9. The van der Waals surface area contributed by atoms with Crippen molar-refractivity contribution in [1.82, 2.24) is 20.0 Å². The lowest BCUT2D eigenvalue weighted by Gasteiger charge is -2.42. The summed E-state index contributed by atoms with van der Waals surface area (Å²) in [6, 6.07) is 15.5. The van der Waals surface area contributed by atoms with Gasteiger partial charge in [0, 0.05) is 30.9 Å². The lowest BCUT2D eigenvalue weighted by atomic mass is 9.95. The molecule has 1 N–H and O–H groups in total. The third kappa shape index (κ3) is 5.68. The topological polar surface area (TPSA) is 113 Å². The van der Waals surface area contributed by atoms with Crippen LogP contribution in [0.2, 0.25) is 0 Å². The molecule has 6 rings (SSSR count). The zero-order chi connectivity index (χ0) is 34.5. The molecule has 0 atom stereocenters. The summed E-state index contributed by atoms with van der Waals surface area (Å²) < 4.78 is 56.1. The fraction of sp³-hybridized carbons (Fsp3) is 0.294. The van der Waals surface area contributed by atoms with Crippen LogP contribution in [0.4, 0.5) is 23.2 Å². The molecule has 3 heterocycles. The number of aromatic amines is 1. The summed E-state index contributed by atoms with van der Waals surface area (Å²) >= 11 is 5.66. The van der Waals surface area contributed by atoms with Gasteiger partial charge < -0.3 is 9.80 Å². The number of rotatable bonds is 5. The molecule has 0 saturated carbocycles. The van der Waals surface area contributed by atoms with Gasteiger partial charge in [-0.2, -0.15) is 23.5 Å². The van der Waals surface area contributed by atoms with Gasteiger partial charge in [0.25, 0.3) is 17.4 Å². The number of carbonyl (C=O) groups excluding carboxylic acids is 2. The predicted octanol–water partition coefficient (Wildman–Crippen LogP) is 5.56. The summed E-state index contributed by atoms with van der Waals surface area (Å²) in [5.41, 5.74) is -2.29. The molecule has 2 amide bonds. The second-order valence-corrected chi connectivity index (χ2v) is 12.6. The van der Waals surface area contributed by atoms with Crippen molar-refractivity contribution in [3.05, 3.63) is 105 Å². The Morgan fingerprint density at radius 3 is 2.42 bits per heavy atom. The van der Waals surface area contributed by atoms with Crippen molar-refractivity contribution < 1.29 is 27.2 Å². The number of likely N-dealkylation sites (tertiary alicyclic amines) is 1. The molecule has 0 aliphatic carbocycles. The lowest BCUT2D eigenvalue weighted by molar-refractivity contribution is -0.137. The van der Waals surface area contributed by atoms with E-state index in [4.69, 9.17) is 12.2 Å². The summed E-state index contributed by atoms with van der Waals surface area (Å²) in [5, 5.41) is 17.0. The number of nitriles is 1. The summed E-state index contributed by atoms with van der Waals surface area (Å²) in [7, 11) is 0. The number of aromatic nitrogens is 2. The van der Waals surface area contributed by atoms with E-state index in [9.17, 15) is 32.8 Å². The van der Waals surface area contributed by atoms with Gasteiger partial charge in [0.1, 0.15) is 11.4 Å². The Bertz CT molecular complexity index is 2080. The van der Waals surface area contributed by atoms with Crippen LogP contribution in [-0.2, 0) is 17.4 Å². The van der Waals surface area contributed by atoms with E-state index in [0.717, 1.165) is 17.0 Å². The van der Waals surface area contributed by atoms with Gasteiger partial charge in [-0.1, -0.05) is 24.3 Å². The van der Waals surface area contributed by atoms with Gasteiger partial charge in [-0.15, -0.1) is 0 Å². The monoisotopic (exact) mass is 676 g/mol. The van der Waals surface area contributed by atoms with E-state index in [2.05, 4.69) is 10.2 Å². The SMILES string of the molecule is CC1(C)C(=O)N(c2ccc(C#N)c(C(F)(F)F)c2)C(=S)N1C1CCN(C(=O)c2cc(Cc3n[nH]c(=O)c4ccccc34)ccc2F)CC1. The summed E-state index contributed by atoms with van der Waals surface area (Å²) in [5.74, 6) is -1.72. The first-order valence-electron chi connectivity index (χ1n) is 15.1. The average Bonchev–Trinajstić information content (AvgIpc) is 3.24. The number of nitrogens with zero attached hydrogens (tertiary/aromatic N) is 5. The maximum Gasteiger partial charge on any atom is 0.417 e. The molecule has 0 radical (unpaired) electrons. The highest BCUT2D eigenvalue weighted by Gasteiger charge is 2.52.